The number of hydrogen-bond acceptors (Lipinski definition) is 6. The second-order valence-corrected chi connectivity index (χ2v) is 10.3. The van der Waals surface area contributed by atoms with E-state index in [0.717, 1.165) is 6.07 Å². The average Bonchev–Trinajstić information content (AvgIpc) is 3.14. The van der Waals surface area contributed by atoms with E-state index in [2.05, 4.69) is 5.32 Å². The maximum Gasteiger partial charge on any atom is 0.295 e. The zero-order chi connectivity index (χ0) is 28.3. The first kappa shape index (κ1) is 27.5. The molecule has 10 nitrogen and oxygen atoms in total. The van der Waals surface area contributed by atoms with Crippen LogP contribution in [0.3, 0.4) is 0 Å². The van der Waals surface area contributed by atoms with Crippen LogP contribution in [0.25, 0.3) is 5.69 Å². The first-order chi connectivity index (χ1) is 18.6. The summed E-state index contributed by atoms with van der Waals surface area (Å²) in [6, 6.07) is 17.9. The highest BCUT2D eigenvalue weighted by molar-refractivity contribution is 7.92. The van der Waals surface area contributed by atoms with Gasteiger partial charge in [-0.1, -0.05) is 30.3 Å². The molecule has 4 rings (SSSR count). The van der Waals surface area contributed by atoms with Crippen molar-refractivity contribution in [2.45, 2.75) is 11.8 Å². The number of nitrogens with zero attached hydrogens (tertiary/aromatic N) is 3. The molecule has 1 amide bonds. The SMILES string of the molecule is COc1ccc(S(=O)(=O)N(CC(=O)Nc2c(C)n(C)n(-c3ccccc3)c2=O)c2ccccc2F)cc1OC. The number of amides is 1. The Kier molecular flexibility index (Phi) is 7.77. The summed E-state index contributed by atoms with van der Waals surface area (Å²) < 4.78 is 56.3. The maximum absolute atomic E-state index is 14.9. The summed E-state index contributed by atoms with van der Waals surface area (Å²) in [6.45, 7) is 0.835. The lowest BCUT2D eigenvalue weighted by Gasteiger charge is -2.24. The van der Waals surface area contributed by atoms with Gasteiger partial charge < -0.3 is 14.8 Å². The minimum Gasteiger partial charge on any atom is -0.493 e. The first-order valence-corrected chi connectivity index (χ1v) is 13.2. The van der Waals surface area contributed by atoms with Crippen LogP contribution in [-0.2, 0) is 21.9 Å². The van der Waals surface area contributed by atoms with E-state index in [1.165, 1.54) is 55.3 Å². The molecule has 39 heavy (non-hydrogen) atoms. The highest BCUT2D eigenvalue weighted by Crippen LogP contribution is 2.33. The quantitative estimate of drug-likeness (QED) is 0.339. The number of methoxy groups -OCH3 is 2. The Morgan fingerprint density at radius 3 is 2.26 bits per heavy atom. The molecule has 12 heteroatoms. The van der Waals surface area contributed by atoms with Crippen molar-refractivity contribution >= 4 is 27.3 Å². The van der Waals surface area contributed by atoms with Crippen molar-refractivity contribution in [3.05, 3.63) is 94.7 Å². The van der Waals surface area contributed by atoms with Gasteiger partial charge >= 0.3 is 0 Å². The molecule has 0 bridgehead atoms. The number of para-hydroxylation sites is 2. The van der Waals surface area contributed by atoms with Crippen LogP contribution in [-0.4, -0.2) is 44.5 Å². The van der Waals surface area contributed by atoms with E-state index in [0.29, 0.717) is 21.4 Å². The first-order valence-electron chi connectivity index (χ1n) is 11.7. The zero-order valence-electron chi connectivity index (χ0n) is 21.7. The molecular weight excluding hydrogens is 527 g/mol. The standard InChI is InChI=1S/C27H27FN4O6S/c1-18-26(27(34)32(30(18)2)19-10-6-5-7-11-19)29-25(33)17-31(22-13-9-8-12-21(22)28)39(35,36)20-14-15-23(37-3)24(16-20)38-4/h5-16H,17H2,1-4H3,(H,29,33). The third kappa shape index (κ3) is 5.23. The monoisotopic (exact) mass is 554 g/mol. The Morgan fingerprint density at radius 2 is 1.62 bits per heavy atom. The molecule has 0 radical (unpaired) electrons. The zero-order valence-corrected chi connectivity index (χ0v) is 22.5. The minimum atomic E-state index is -4.48. The molecule has 1 aromatic heterocycles. The molecule has 0 saturated carbocycles. The molecule has 0 aliphatic carbocycles. The lowest BCUT2D eigenvalue weighted by Crippen LogP contribution is -2.39. The van der Waals surface area contributed by atoms with Gasteiger partial charge in [-0.05, 0) is 43.3 Å². The largest absolute Gasteiger partial charge is 0.493 e. The summed E-state index contributed by atoms with van der Waals surface area (Å²) in [5, 5.41) is 2.53. The Balaban J connectivity index is 1.73. The van der Waals surface area contributed by atoms with Gasteiger partial charge in [-0.25, -0.2) is 17.5 Å². The van der Waals surface area contributed by atoms with E-state index >= 15 is 0 Å². The van der Waals surface area contributed by atoms with E-state index in [4.69, 9.17) is 9.47 Å². The van der Waals surface area contributed by atoms with Gasteiger partial charge in [0.2, 0.25) is 5.91 Å². The number of carbonyl (C=O) groups excluding carboxylic acids is 1. The van der Waals surface area contributed by atoms with Gasteiger partial charge in [0, 0.05) is 13.1 Å². The molecule has 0 aliphatic rings. The van der Waals surface area contributed by atoms with E-state index in [1.54, 1.807) is 42.9 Å². The van der Waals surface area contributed by atoms with Crippen LogP contribution in [0.5, 0.6) is 11.5 Å². The van der Waals surface area contributed by atoms with E-state index in [-0.39, 0.29) is 22.0 Å². The number of hydrogen-bond donors (Lipinski definition) is 1. The third-order valence-corrected chi connectivity index (χ3v) is 7.93. The number of rotatable bonds is 9. The molecule has 0 saturated heterocycles. The maximum atomic E-state index is 14.9. The summed E-state index contributed by atoms with van der Waals surface area (Å²) in [5.74, 6) is -1.26. The van der Waals surface area contributed by atoms with Gasteiger partial charge in [0.15, 0.2) is 11.5 Å². The average molecular weight is 555 g/mol. The van der Waals surface area contributed by atoms with Gasteiger partial charge in [-0.3, -0.25) is 18.6 Å². The van der Waals surface area contributed by atoms with Crippen molar-refractivity contribution in [2.75, 3.05) is 30.4 Å². The highest BCUT2D eigenvalue weighted by Gasteiger charge is 2.31. The molecule has 1 N–H and O–H groups in total. The van der Waals surface area contributed by atoms with Crippen molar-refractivity contribution in [1.29, 1.82) is 0 Å². The number of nitrogens with one attached hydrogen (secondary N) is 1. The van der Waals surface area contributed by atoms with Crippen LogP contribution in [0.15, 0.2) is 82.5 Å². The van der Waals surface area contributed by atoms with Gasteiger partial charge in [-0.2, -0.15) is 0 Å². The third-order valence-electron chi connectivity index (χ3n) is 6.17. The number of carbonyl (C=O) groups is 1. The van der Waals surface area contributed by atoms with Crippen molar-refractivity contribution < 1.29 is 27.1 Å². The van der Waals surface area contributed by atoms with Gasteiger partial charge in [-0.15, -0.1) is 0 Å². The number of ether oxygens (including phenoxy) is 2. The fourth-order valence-electron chi connectivity index (χ4n) is 4.08. The molecule has 4 aromatic rings. The predicted octanol–water partition coefficient (Wildman–Crippen LogP) is 3.47. The van der Waals surface area contributed by atoms with Crippen molar-refractivity contribution in [1.82, 2.24) is 9.36 Å². The smallest absolute Gasteiger partial charge is 0.295 e. The van der Waals surface area contributed by atoms with Crippen molar-refractivity contribution in [2.24, 2.45) is 7.05 Å². The van der Waals surface area contributed by atoms with Crippen LogP contribution in [0.4, 0.5) is 15.8 Å². The lowest BCUT2D eigenvalue weighted by molar-refractivity contribution is -0.114. The molecular formula is C27H27FN4O6S. The number of anilines is 2. The summed E-state index contributed by atoms with van der Waals surface area (Å²) in [5.41, 5.74) is 0.155. The fourth-order valence-corrected chi connectivity index (χ4v) is 5.52. The number of sulfonamides is 1. The molecule has 0 unspecified atom stereocenters. The summed E-state index contributed by atoms with van der Waals surface area (Å²) in [4.78, 5) is 26.2. The lowest BCUT2D eigenvalue weighted by atomic mass is 10.3. The van der Waals surface area contributed by atoms with Crippen molar-refractivity contribution in [3.63, 3.8) is 0 Å². The molecule has 204 valence electrons. The van der Waals surface area contributed by atoms with Crippen molar-refractivity contribution in [3.8, 4) is 17.2 Å². The van der Waals surface area contributed by atoms with Crippen LogP contribution in [0.1, 0.15) is 5.69 Å². The molecule has 0 fully saturated rings. The second-order valence-electron chi connectivity index (χ2n) is 8.46. The Bertz CT molecular complexity index is 1680. The van der Waals surface area contributed by atoms with Crippen LogP contribution < -0.4 is 24.7 Å². The van der Waals surface area contributed by atoms with Gasteiger partial charge in [0.1, 0.15) is 18.0 Å². The normalized spacial score (nSPS) is 11.2. The van der Waals surface area contributed by atoms with Gasteiger partial charge in [0.05, 0.1) is 36.2 Å². The Morgan fingerprint density at radius 1 is 0.974 bits per heavy atom. The van der Waals surface area contributed by atoms with E-state index in [9.17, 15) is 22.4 Å². The number of halogens is 1. The minimum absolute atomic E-state index is 0.0247. The fraction of sp³-hybridized carbons (Fsp3) is 0.185. The Hall–Kier alpha value is -4.58. The highest BCUT2D eigenvalue weighted by atomic mass is 32.2. The summed E-state index contributed by atoms with van der Waals surface area (Å²) in [7, 11) is -0.0699. The topological polar surface area (TPSA) is 112 Å². The molecule has 0 atom stereocenters. The second kappa shape index (κ2) is 11.0. The van der Waals surface area contributed by atoms with Gasteiger partial charge in [0.25, 0.3) is 15.6 Å². The summed E-state index contributed by atoms with van der Waals surface area (Å²) in [6.07, 6.45) is 0. The Labute approximate surface area is 224 Å². The van der Waals surface area contributed by atoms with Crippen LogP contribution in [0.2, 0.25) is 0 Å². The van der Waals surface area contributed by atoms with Crippen LogP contribution in [0, 0.1) is 12.7 Å². The molecule has 0 aliphatic heterocycles. The molecule has 1 heterocycles. The van der Waals surface area contributed by atoms with E-state index in [1.807, 2.05) is 6.07 Å². The predicted molar refractivity (Wildman–Crippen MR) is 145 cm³/mol. The van der Waals surface area contributed by atoms with Crippen LogP contribution >= 0.6 is 0 Å². The number of benzene rings is 3. The van der Waals surface area contributed by atoms with E-state index < -0.39 is 33.9 Å². The molecule has 0 spiro atoms. The number of aromatic nitrogens is 2. The molecule has 3 aromatic carbocycles. The summed E-state index contributed by atoms with van der Waals surface area (Å²) >= 11 is 0.